The standard InChI is InChI=1S/C19H30N2O3/c1-18(2,3)11-13(12-22)20-16(23)14-9-7-8-10-15(14)21-17(24)19(4,5)6/h7-10,13,22H,11-12H2,1-6H3,(H,20,23)(H,21,24). The predicted molar refractivity (Wildman–Crippen MR) is 96.9 cm³/mol. The fourth-order valence-electron chi connectivity index (χ4n) is 2.26. The first-order valence-corrected chi connectivity index (χ1v) is 8.26. The third kappa shape index (κ3) is 6.32. The van der Waals surface area contributed by atoms with Crippen LogP contribution in [0.15, 0.2) is 24.3 Å². The molecule has 3 N–H and O–H groups in total. The van der Waals surface area contributed by atoms with Gasteiger partial charge in [0, 0.05) is 5.41 Å². The Bertz CT molecular complexity index is 583. The summed E-state index contributed by atoms with van der Waals surface area (Å²) in [6.45, 7) is 11.5. The van der Waals surface area contributed by atoms with Gasteiger partial charge < -0.3 is 15.7 Å². The van der Waals surface area contributed by atoms with Gasteiger partial charge in [0.2, 0.25) is 5.91 Å². The Morgan fingerprint density at radius 1 is 1.08 bits per heavy atom. The van der Waals surface area contributed by atoms with Gasteiger partial charge in [0.1, 0.15) is 0 Å². The van der Waals surface area contributed by atoms with Gasteiger partial charge in [-0.1, -0.05) is 53.7 Å². The second-order valence-corrected chi connectivity index (χ2v) is 8.37. The van der Waals surface area contributed by atoms with Crippen LogP contribution in [0.3, 0.4) is 0 Å². The van der Waals surface area contributed by atoms with Crippen LogP contribution in [0.25, 0.3) is 0 Å². The van der Waals surface area contributed by atoms with Crippen molar-refractivity contribution in [2.45, 2.75) is 54.0 Å². The first kappa shape index (κ1) is 20.2. The first-order valence-electron chi connectivity index (χ1n) is 8.26. The highest BCUT2D eigenvalue weighted by Gasteiger charge is 2.24. The number of carbonyl (C=O) groups is 2. The van der Waals surface area contributed by atoms with Crippen LogP contribution in [0.4, 0.5) is 5.69 Å². The zero-order valence-electron chi connectivity index (χ0n) is 15.6. The topological polar surface area (TPSA) is 78.4 Å². The van der Waals surface area contributed by atoms with Crippen LogP contribution >= 0.6 is 0 Å². The SMILES string of the molecule is CC(C)(C)CC(CO)NC(=O)c1ccccc1NC(=O)C(C)(C)C. The number of anilines is 1. The molecular weight excluding hydrogens is 304 g/mol. The Kier molecular flexibility index (Phi) is 6.55. The number of aliphatic hydroxyl groups is 1. The molecule has 0 aliphatic carbocycles. The number of amides is 2. The molecule has 0 bridgehead atoms. The number of hydrogen-bond donors (Lipinski definition) is 3. The van der Waals surface area contributed by atoms with Gasteiger partial charge in [-0.25, -0.2) is 0 Å². The summed E-state index contributed by atoms with van der Waals surface area (Å²) >= 11 is 0. The number of nitrogens with one attached hydrogen (secondary N) is 2. The van der Waals surface area contributed by atoms with Crippen molar-refractivity contribution in [1.82, 2.24) is 5.32 Å². The Balaban J connectivity index is 2.93. The highest BCUT2D eigenvalue weighted by molar-refractivity contribution is 6.04. The van der Waals surface area contributed by atoms with Crippen LogP contribution in [0.5, 0.6) is 0 Å². The maximum atomic E-state index is 12.6. The summed E-state index contributed by atoms with van der Waals surface area (Å²) in [6, 6.07) is 6.56. The van der Waals surface area contributed by atoms with E-state index in [1.165, 1.54) is 0 Å². The minimum absolute atomic E-state index is 0.0132. The van der Waals surface area contributed by atoms with Gasteiger partial charge in [-0.05, 0) is 24.0 Å². The number of carbonyl (C=O) groups excluding carboxylic acids is 2. The molecular formula is C19H30N2O3. The summed E-state index contributed by atoms with van der Waals surface area (Å²) in [4.78, 5) is 24.8. The lowest BCUT2D eigenvalue weighted by atomic mass is 9.88. The second-order valence-electron chi connectivity index (χ2n) is 8.37. The Hall–Kier alpha value is -1.88. The summed E-state index contributed by atoms with van der Waals surface area (Å²) in [6.07, 6.45) is 0.658. The minimum Gasteiger partial charge on any atom is -0.394 e. The lowest BCUT2D eigenvalue weighted by molar-refractivity contribution is -0.123. The summed E-state index contributed by atoms with van der Waals surface area (Å²) in [5.74, 6) is -0.459. The van der Waals surface area contributed by atoms with E-state index in [0.717, 1.165) is 0 Å². The molecule has 1 atom stereocenters. The molecule has 0 aromatic heterocycles. The zero-order chi connectivity index (χ0) is 18.5. The Labute approximate surface area is 144 Å². The van der Waals surface area contributed by atoms with E-state index in [2.05, 4.69) is 31.4 Å². The van der Waals surface area contributed by atoms with E-state index in [-0.39, 0.29) is 29.9 Å². The highest BCUT2D eigenvalue weighted by Crippen LogP contribution is 2.23. The van der Waals surface area contributed by atoms with Crippen molar-refractivity contribution in [2.24, 2.45) is 10.8 Å². The van der Waals surface area contributed by atoms with E-state index in [1.807, 2.05) is 20.8 Å². The predicted octanol–water partition coefficient (Wildman–Crippen LogP) is 3.20. The average Bonchev–Trinajstić information content (AvgIpc) is 2.44. The molecule has 5 nitrogen and oxygen atoms in total. The van der Waals surface area contributed by atoms with Crippen molar-refractivity contribution in [3.05, 3.63) is 29.8 Å². The molecule has 0 spiro atoms. The molecule has 2 amide bonds. The molecule has 0 aliphatic heterocycles. The molecule has 0 aliphatic rings. The third-order valence-electron chi connectivity index (χ3n) is 3.52. The summed E-state index contributed by atoms with van der Waals surface area (Å²) in [7, 11) is 0. The van der Waals surface area contributed by atoms with Gasteiger partial charge in [0.25, 0.3) is 5.91 Å². The lowest BCUT2D eigenvalue weighted by Crippen LogP contribution is -2.40. The second kappa shape index (κ2) is 7.79. The summed E-state index contributed by atoms with van der Waals surface area (Å²) < 4.78 is 0. The number of benzene rings is 1. The normalized spacial score (nSPS) is 13.3. The van der Waals surface area contributed by atoms with Crippen molar-refractivity contribution in [2.75, 3.05) is 11.9 Å². The molecule has 5 heteroatoms. The van der Waals surface area contributed by atoms with E-state index in [1.54, 1.807) is 24.3 Å². The van der Waals surface area contributed by atoms with Crippen molar-refractivity contribution < 1.29 is 14.7 Å². The molecule has 0 radical (unpaired) electrons. The van der Waals surface area contributed by atoms with Crippen LogP contribution in [0, 0.1) is 10.8 Å². The van der Waals surface area contributed by atoms with Crippen molar-refractivity contribution >= 4 is 17.5 Å². The van der Waals surface area contributed by atoms with Crippen LogP contribution in [-0.4, -0.2) is 29.6 Å². The van der Waals surface area contributed by atoms with E-state index in [9.17, 15) is 14.7 Å². The lowest BCUT2D eigenvalue weighted by Gasteiger charge is -2.26. The van der Waals surface area contributed by atoms with E-state index < -0.39 is 5.41 Å². The molecule has 0 saturated carbocycles. The number of rotatable bonds is 5. The van der Waals surface area contributed by atoms with Gasteiger partial charge in [0.05, 0.1) is 23.9 Å². The molecule has 1 aromatic rings. The maximum Gasteiger partial charge on any atom is 0.253 e. The molecule has 0 saturated heterocycles. The molecule has 1 aromatic carbocycles. The van der Waals surface area contributed by atoms with Gasteiger partial charge in [0.15, 0.2) is 0 Å². The maximum absolute atomic E-state index is 12.6. The van der Waals surface area contributed by atoms with Crippen molar-refractivity contribution in [3.63, 3.8) is 0 Å². The number of para-hydroxylation sites is 1. The molecule has 134 valence electrons. The van der Waals surface area contributed by atoms with E-state index in [4.69, 9.17) is 0 Å². The number of aliphatic hydroxyl groups excluding tert-OH is 1. The highest BCUT2D eigenvalue weighted by atomic mass is 16.3. The van der Waals surface area contributed by atoms with Crippen LogP contribution in [-0.2, 0) is 4.79 Å². The number of hydrogen-bond acceptors (Lipinski definition) is 3. The average molecular weight is 334 g/mol. The summed E-state index contributed by atoms with van der Waals surface area (Å²) in [5.41, 5.74) is 0.300. The largest absolute Gasteiger partial charge is 0.394 e. The fraction of sp³-hybridized carbons (Fsp3) is 0.579. The van der Waals surface area contributed by atoms with Crippen LogP contribution in [0.2, 0.25) is 0 Å². The molecule has 1 rings (SSSR count). The molecule has 1 unspecified atom stereocenters. The van der Waals surface area contributed by atoms with Crippen molar-refractivity contribution in [3.8, 4) is 0 Å². The monoisotopic (exact) mass is 334 g/mol. The van der Waals surface area contributed by atoms with Gasteiger partial charge in [-0.15, -0.1) is 0 Å². The van der Waals surface area contributed by atoms with Crippen LogP contribution < -0.4 is 10.6 Å². The fourth-order valence-corrected chi connectivity index (χ4v) is 2.26. The molecule has 0 fully saturated rings. The van der Waals surface area contributed by atoms with Gasteiger partial charge in [-0.2, -0.15) is 0 Å². The Morgan fingerprint density at radius 3 is 2.17 bits per heavy atom. The quantitative estimate of drug-likeness (QED) is 0.774. The zero-order valence-corrected chi connectivity index (χ0v) is 15.6. The van der Waals surface area contributed by atoms with Crippen LogP contribution in [0.1, 0.15) is 58.3 Å². The summed E-state index contributed by atoms with van der Waals surface area (Å²) in [5, 5.41) is 15.2. The smallest absolute Gasteiger partial charge is 0.253 e. The third-order valence-corrected chi connectivity index (χ3v) is 3.52. The van der Waals surface area contributed by atoms with Gasteiger partial charge in [-0.3, -0.25) is 9.59 Å². The van der Waals surface area contributed by atoms with E-state index in [0.29, 0.717) is 17.7 Å². The Morgan fingerprint density at radius 2 is 1.67 bits per heavy atom. The minimum atomic E-state index is -0.552. The van der Waals surface area contributed by atoms with E-state index >= 15 is 0 Å². The van der Waals surface area contributed by atoms with Gasteiger partial charge >= 0.3 is 0 Å². The molecule has 0 heterocycles. The first-order chi connectivity index (χ1) is 10.9. The van der Waals surface area contributed by atoms with Crippen molar-refractivity contribution in [1.29, 1.82) is 0 Å². The molecule has 24 heavy (non-hydrogen) atoms.